The minimum atomic E-state index is -0.181. The molecule has 0 aliphatic rings. The third-order valence-electron chi connectivity index (χ3n) is 5.10. The molecular formula is C23H31N3O2. The van der Waals surface area contributed by atoms with Gasteiger partial charge in [0.25, 0.3) is 5.91 Å². The molecule has 0 unspecified atom stereocenters. The van der Waals surface area contributed by atoms with Crippen molar-refractivity contribution in [2.45, 2.75) is 64.8 Å². The van der Waals surface area contributed by atoms with E-state index in [4.69, 9.17) is 9.40 Å². The Kier molecular flexibility index (Phi) is 7.71. The van der Waals surface area contributed by atoms with Crippen LogP contribution in [0.2, 0.25) is 0 Å². The van der Waals surface area contributed by atoms with Crippen LogP contribution in [0.5, 0.6) is 0 Å². The average Bonchev–Trinajstić information content (AvgIpc) is 3.36. The zero-order valence-electron chi connectivity index (χ0n) is 16.8. The molecular weight excluding hydrogens is 350 g/mol. The van der Waals surface area contributed by atoms with E-state index in [-0.39, 0.29) is 5.91 Å². The summed E-state index contributed by atoms with van der Waals surface area (Å²) in [5, 5.41) is 2.92. The van der Waals surface area contributed by atoms with Crippen molar-refractivity contribution < 1.29 is 9.21 Å². The smallest absolute Gasteiger partial charge is 0.286 e. The predicted molar refractivity (Wildman–Crippen MR) is 112 cm³/mol. The molecule has 0 atom stereocenters. The second kappa shape index (κ2) is 10.7. The summed E-state index contributed by atoms with van der Waals surface area (Å²) in [7, 11) is 0. The van der Waals surface area contributed by atoms with Crippen LogP contribution in [0.4, 0.5) is 0 Å². The van der Waals surface area contributed by atoms with E-state index >= 15 is 0 Å². The zero-order chi connectivity index (χ0) is 19.6. The Morgan fingerprint density at radius 2 is 1.82 bits per heavy atom. The Morgan fingerprint density at radius 3 is 2.61 bits per heavy atom. The summed E-state index contributed by atoms with van der Waals surface area (Å²) in [5.74, 6) is 1.20. The topological polar surface area (TPSA) is 60.1 Å². The Balaban J connectivity index is 1.55. The number of nitrogens with one attached hydrogen (secondary N) is 1. The Morgan fingerprint density at radius 1 is 1.04 bits per heavy atom. The van der Waals surface area contributed by atoms with Crippen molar-refractivity contribution >= 4 is 16.9 Å². The highest BCUT2D eigenvalue weighted by atomic mass is 16.3. The number of amides is 1. The van der Waals surface area contributed by atoms with Crippen molar-refractivity contribution in [3.8, 4) is 0 Å². The highest BCUT2D eigenvalue weighted by molar-refractivity contribution is 5.91. The molecule has 0 saturated heterocycles. The number of unbranched alkanes of at least 4 members (excludes halogenated alkanes) is 6. The van der Waals surface area contributed by atoms with Crippen molar-refractivity contribution in [2.75, 3.05) is 6.54 Å². The zero-order valence-corrected chi connectivity index (χ0v) is 16.8. The fraction of sp³-hybridized carbons (Fsp3) is 0.478. The van der Waals surface area contributed by atoms with Crippen LogP contribution < -0.4 is 5.32 Å². The molecule has 150 valence electrons. The summed E-state index contributed by atoms with van der Waals surface area (Å²) in [5.41, 5.74) is 2.21. The molecule has 0 aliphatic heterocycles. The standard InChI is InChI=1S/C23H31N3O2/c1-2-3-4-5-6-7-10-17-26-20-13-9-8-12-19(20)25-22(26)15-16-24-23(27)21-14-11-18-28-21/h8-9,11-14,18H,2-7,10,15-17H2,1H3,(H,24,27). The van der Waals surface area contributed by atoms with Crippen molar-refractivity contribution in [3.63, 3.8) is 0 Å². The molecule has 5 nitrogen and oxygen atoms in total. The van der Waals surface area contributed by atoms with Crippen molar-refractivity contribution in [3.05, 3.63) is 54.2 Å². The van der Waals surface area contributed by atoms with Gasteiger partial charge in [0.1, 0.15) is 5.82 Å². The molecule has 3 aromatic rings. The van der Waals surface area contributed by atoms with E-state index < -0.39 is 0 Å². The van der Waals surface area contributed by atoms with Crippen molar-refractivity contribution in [2.24, 2.45) is 0 Å². The van der Waals surface area contributed by atoms with Crippen LogP contribution in [0.15, 0.2) is 47.1 Å². The minimum absolute atomic E-state index is 0.181. The van der Waals surface area contributed by atoms with Crippen LogP contribution in [0, 0.1) is 0 Å². The number of benzene rings is 1. The molecule has 3 rings (SSSR count). The quantitative estimate of drug-likeness (QED) is 0.430. The second-order valence-corrected chi connectivity index (χ2v) is 7.27. The van der Waals surface area contributed by atoms with Crippen LogP contribution in [0.3, 0.4) is 0 Å². The van der Waals surface area contributed by atoms with Crippen molar-refractivity contribution in [1.29, 1.82) is 0 Å². The van der Waals surface area contributed by atoms with Gasteiger partial charge in [-0.15, -0.1) is 0 Å². The molecule has 0 saturated carbocycles. The third kappa shape index (κ3) is 5.47. The Labute approximate surface area is 167 Å². The number of furan rings is 1. The van der Waals surface area contributed by atoms with E-state index in [0.717, 1.165) is 24.3 Å². The van der Waals surface area contributed by atoms with Gasteiger partial charge < -0.3 is 14.3 Å². The SMILES string of the molecule is CCCCCCCCCn1c(CCNC(=O)c2ccco2)nc2ccccc21. The molecule has 0 spiro atoms. The van der Waals surface area contributed by atoms with Crippen LogP contribution in [0.25, 0.3) is 11.0 Å². The highest BCUT2D eigenvalue weighted by Crippen LogP contribution is 2.18. The number of rotatable bonds is 12. The lowest BCUT2D eigenvalue weighted by Gasteiger charge is -2.10. The Bertz CT molecular complexity index is 852. The van der Waals surface area contributed by atoms with Gasteiger partial charge in [0.05, 0.1) is 17.3 Å². The van der Waals surface area contributed by atoms with Crippen LogP contribution >= 0.6 is 0 Å². The molecule has 1 N–H and O–H groups in total. The molecule has 1 aromatic carbocycles. The maximum absolute atomic E-state index is 12.0. The molecule has 5 heteroatoms. The number of aryl methyl sites for hydroxylation is 1. The summed E-state index contributed by atoms with van der Waals surface area (Å²) in [6, 6.07) is 11.7. The molecule has 0 fully saturated rings. The number of fused-ring (bicyclic) bond motifs is 1. The van der Waals surface area contributed by atoms with E-state index in [2.05, 4.69) is 35.0 Å². The number of para-hydroxylation sites is 2. The molecule has 28 heavy (non-hydrogen) atoms. The first-order valence-electron chi connectivity index (χ1n) is 10.6. The summed E-state index contributed by atoms with van der Waals surface area (Å²) in [6.45, 7) is 3.78. The lowest BCUT2D eigenvalue weighted by molar-refractivity contribution is 0.0926. The lowest BCUT2D eigenvalue weighted by Crippen LogP contribution is -2.26. The largest absolute Gasteiger partial charge is 0.459 e. The first-order chi connectivity index (χ1) is 13.8. The lowest BCUT2D eigenvalue weighted by atomic mass is 10.1. The van der Waals surface area contributed by atoms with Crippen LogP contribution in [-0.4, -0.2) is 22.0 Å². The first kappa shape index (κ1) is 20.2. The summed E-state index contributed by atoms with van der Waals surface area (Å²) in [4.78, 5) is 16.8. The van der Waals surface area contributed by atoms with Gasteiger partial charge >= 0.3 is 0 Å². The van der Waals surface area contributed by atoms with Gasteiger partial charge in [0.2, 0.25) is 0 Å². The van der Waals surface area contributed by atoms with E-state index in [9.17, 15) is 4.79 Å². The van der Waals surface area contributed by atoms with Gasteiger partial charge in [0, 0.05) is 19.5 Å². The molecule has 1 amide bonds. The number of nitrogens with zero attached hydrogens (tertiary/aromatic N) is 2. The van der Waals surface area contributed by atoms with Gasteiger partial charge in [-0.1, -0.05) is 57.6 Å². The van der Waals surface area contributed by atoms with Crippen molar-refractivity contribution in [1.82, 2.24) is 14.9 Å². The number of hydrogen-bond donors (Lipinski definition) is 1. The second-order valence-electron chi connectivity index (χ2n) is 7.27. The summed E-state index contributed by atoms with van der Waals surface area (Å²) >= 11 is 0. The van der Waals surface area contributed by atoms with Gasteiger partial charge in [-0.2, -0.15) is 0 Å². The summed E-state index contributed by atoms with van der Waals surface area (Å²) < 4.78 is 7.46. The third-order valence-corrected chi connectivity index (χ3v) is 5.10. The van der Waals surface area contributed by atoms with Gasteiger partial charge in [-0.05, 0) is 30.7 Å². The normalized spacial score (nSPS) is 11.2. The average molecular weight is 382 g/mol. The maximum atomic E-state index is 12.0. The number of imidazole rings is 1. The molecule has 2 aromatic heterocycles. The van der Waals surface area contributed by atoms with Gasteiger partial charge in [-0.25, -0.2) is 4.98 Å². The van der Waals surface area contributed by atoms with Gasteiger partial charge in [-0.3, -0.25) is 4.79 Å². The van der Waals surface area contributed by atoms with Gasteiger partial charge in [0.15, 0.2) is 5.76 Å². The number of hydrogen-bond acceptors (Lipinski definition) is 3. The molecule has 0 aliphatic carbocycles. The monoisotopic (exact) mass is 381 g/mol. The summed E-state index contributed by atoms with van der Waals surface area (Å²) in [6.07, 6.45) is 11.3. The fourth-order valence-corrected chi connectivity index (χ4v) is 3.58. The van der Waals surface area contributed by atoms with E-state index in [0.29, 0.717) is 18.7 Å². The first-order valence-corrected chi connectivity index (χ1v) is 10.6. The van der Waals surface area contributed by atoms with Crippen LogP contribution in [-0.2, 0) is 13.0 Å². The van der Waals surface area contributed by atoms with E-state index in [1.54, 1.807) is 12.1 Å². The molecule has 2 heterocycles. The number of aromatic nitrogens is 2. The maximum Gasteiger partial charge on any atom is 0.286 e. The Hall–Kier alpha value is -2.56. The fourth-order valence-electron chi connectivity index (χ4n) is 3.58. The van der Waals surface area contributed by atoms with Crippen LogP contribution in [0.1, 0.15) is 68.2 Å². The highest BCUT2D eigenvalue weighted by Gasteiger charge is 2.12. The predicted octanol–water partition coefficient (Wildman–Crippen LogP) is 5.35. The minimum Gasteiger partial charge on any atom is -0.459 e. The number of carbonyl (C=O) groups is 1. The number of carbonyl (C=O) groups excluding carboxylic acids is 1. The molecule has 0 bridgehead atoms. The van der Waals surface area contributed by atoms with E-state index in [1.165, 1.54) is 50.3 Å². The van der Waals surface area contributed by atoms with E-state index in [1.807, 2.05) is 6.07 Å². The molecule has 0 radical (unpaired) electrons.